The summed E-state index contributed by atoms with van der Waals surface area (Å²) in [6, 6.07) is 12.7. The number of aromatic nitrogens is 1. The van der Waals surface area contributed by atoms with E-state index < -0.39 is 0 Å². The lowest BCUT2D eigenvalue weighted by molar-refractivity contribution is -0.143. The molecule has 2 aliphatic rings. The molecular weight excluding hydrogens is 398 g/mol. The third-order valence-corrected chi connectivity index (χ3v) is 6.88. The highest BCUT2D eigenvalue weighted by Crippen LogP contribution is 2.44. The maximum atomic E-state index is 13.1. The van der Waals surface area contributed by atoms with Gasteiger partial charge in [0.2, 0.25) is 5.91 Å². The lowest BCUT2D eigenvalue weighted by Gasteiger charge is -2.51. The lowest BCUT2D eigenvalue weighted by Crippen LogP contribution is -2.59. The van der Waals surface area contributed by atoms with E-state index in [1.165, 1.54) is 11.1 Å². The van der Waals surface area contributed by atoms with Gasteiger partial charge in [-0.25, -0.2) is 0 Å². The molecule has 0 radical (unpaired) electrons. The molecule has 6 heteroatoms. The van der Waals surface area contributed by atoms with E-state index in [2.05, 4.69) is 33.4 Å². The van der Waals surface area contributed by atoms with E-state index in [1.54, 1.807) is 13.3 Å². The first kappa shape index (κ1) is 21.3. The van der Waals surface area contributed by atoms with E-state index in [1.807, 2.05) is 24.4 Å². The van der Waals surface area contributed by atoms with E-state index in [-0.39, 0.29) is 17.9 Å². The van der Waals surface area contributed by atoms with Crippen molar-refractivity contribution in [3.05, 3.63) is 64.9 Å². The molecular formula is C24H30ClN3O2. The molecule has 1 saturated heterocycles. The second-order valence-electron chi connectivity index (χ2n) is 8.37. The molecule has 2 aromatic rings. The smallest absolute Gasteiger partial charge is 0.223 e. The van der Waals surface area contributed by atoms with Gasteiger partial charge in [-0.3, -0.25) is 9.78 Å². The summed E-state index contributed by atoms with van der Waals surface area (Å²) < 4.78 is 5.30. The Balaban J connectivity index is 1.60. The van der Waals surface area contributed by atoms with Crippen LogP contribution in [0.3, 0.4) is 0 Å². The second kappa shape index (κ2) is 9.90. The number of likely N-dealkylation sites (tertiary alicyclic amines) is 1. The minimum Gasteiger partial charge on any atom is -0.383 e. The number of halogens is 1. The van der Waals surface area contributed by atoms with Gasteiger partial charge in [0, 0.05) is 62.0 Å². The van der Waals surface area contributed by atoms with Gasteiger partial charge in [-0.15, -0.1) is 0 Å². The molecule has 4 rings (SSSR count). The zero-order valence-electron chi connectivity index (χ0n) is 17.5. The van der Waals surface area contributed by atoms with Crippen LogP contribution in [-0.4, -0.2) is 48.1 Å². The predicted octanol–water partition coefficient (Wildman–Crippen LogP) is 4.02. The van der Waals surface area contributed by atoms with Crippen LogP contribution in [0.15, 0.2) is 48.8 Å². The highest BCUT2D eigenvalue weighted by atomic mass is 35.5. The molecule has 160 valence electrons. The van der Waals surface area contributed by atoms with Crippen LogP contribution in [0, 0.1) is 5.92 Å². The van der Waals surface area contributed by atoms with Crippen molar-refractivity contribution in [2.45, 2.75) is 50.2 Å². The fourth-order valence-electron chi connectivity index (χ4n) is 5.26. The third kappa shape index (κ3) is 4.69. The molecule has 1 N–H and O–H groups in total. The molecule has 4 atom stereocenters. The number of ether oxygens (including phenoxy) is 1. The Hall–Kier alpha value is -1.95. The minimum atomic E-state index is 0.199. The number of nitrogens with zero attached hydrogens (tertiary/aromatic N) is 2. The number of carbonyl (C=O) groups is 1. The fraction of sp³-hybridized carbons (Fsp3) is 0.500. The van der Waals surface area contributed by atoms with Crippen LogP contribution >= 0.6 is 11.6 Å². The zero-order valence-corrected chi connectivity index (χ0v) is 18.2. The SMILES string of the molecule is COCCN1C(=O)C[C@H](c2ccc(Cl)cc2)[C@H]2[C@@H](NCc3cccnc3)CCC[C@H]21. The summed E-state index contributed by atoms with van der Waals surface area (Å²) in [5.74, 6) is 0.803. The quantitative estimate of drug-likeness (QED) is 0.725. The van der Waals surface area contributed by atoms with Crippen molar-refractivity contribution < 1.29 is 9.53 Å². The first-order chi connectivity index (χ1) is 14.7. The number of hydrogen-bond donors (Lipinski definition) is 1. The van der Waals surface area contributed by atoms with E-state index in [4.69, 9.17) is 16.3 Å². The van der Waals surface area contributed by atoms with Crippen LogP contribution < -0.4 is 5.32 Å². The summed E-state index contributed by atoms with van der Waals surface area (Å²) in [5.41, 5.74) is 2.40. The van der Waals surface area contributed by atoms with Crippen molar-refractivity contribution in [3.63, 3.8) is 0 Å². The molecule has 1 aromatic carbocycles. The van der Waals surface area contributed by atoms with Gasteiger partial charge in [-0.1, -0.05) is 29.8 Å². The number of hydrogen-bond acceptors (Lipinski definition) is 4. The van der Waals surface area contributed by atoms with Gasteiger partial charge in [0.1, 0.15) is 0 Å². The average Bonchev–Trinajstić information content (AvgIpc) is 2.78. The molecule has 1 aliphatic heterocycles. The number of pyridine rings is 1. The zero-order chi connectivity index (χ0) is 20.9. The summed E-state index contributed by atoms with van der Waals surface area (Å²) in [6.07, 6.45) is 7.55. The van der Waals surface area contributed by atoms with E-state index in [0.29, 0.717) is 31.5 Å². The normalized spacial score (nSPS) is 26.5. The summed E-state index contributed by atoms with van der Waals surface area (Å²) in [6.45, 7) is 2.04. The molecule has 2 heterocycles. The Bertz CT molecular complexity index is 830. The Kier molecular flexibility index (Phi) is 7.03. The van der Waals surface area contributed by atoms with Gasteiger partial charge < -0.3 is 15.0 Å². The Morgan fingerprint density at radius 2 is 2.07 bits per heavy atom. The Labute approximate surface area is 183 Å². The summed E-state index contributed by atoms with van der Waals surface area (Å²) in [7, 11) is 1.70. The minimum absolute atomic E-state index is 0.199. The van der Waals surface area contributed by atoms with Gasteiger partial charge in [0.25, 0.3) is 0 Å². The summed E-state index contributed by atoms with van der Waals surface area (Å²) in [4.78, 5) is 19.4. The molecule has 30 heavy (non-hydrogen) atoms. The Morgan fingerprint density at radius 3 is 2.80 bits per heavy atom. The van der Waals surface area contributed by atoms with E-state index >= 15 is 0 Å². The van der Waals surface area contributed by atoms with Gasteiger partial charge in [0.15, 0.2) is 0 Å². The van der Waals surface area contributed by atoms with Gasteiger partial charge >= 0.3 is 0 Å². The van der Waals surface area contributed by atoms with Gasteiger partial charge in [-0.2, -0.15) is 0 Å². The molecule has 1 aromatic heterocycles. The predicted molar refractivity (Wildman–Crippen MR) is 118 cm³/mol. The number of fused-ring (bicyclic) bond motifs is 1. The standard InChI is InChI=1S/C24H30ClN3O2/c1-30-13-12-28-22-6-2-5-21(27-16-17-4-3-11-26-15-17)24(22)20(14-23(28)29)18-7-9-19(25)10-8-18/h3-4,7-11,15,20-22,24,27H,2,5-6,12-14,16H2,1H3/t20-,21+,22-,24+/m1/s1. The second-order valence-corrected chi connectivity index (χ2v) is 8.80. The molecule has 5 nitrogen and oxygen atoms in total. The first-order valence-electron chi connectivity index (χ1n) is 10.8. The van der Waals surface area contributed by atoms with Crippen molar-refractivity contribution in [2.75, 3.05) is 20.3 Å². The first-order valence-corrected chi connectivity index (χ1v) is 11.2. The molecule has 0 bridgehead atoms. The Morgan fingerprint density at radius 1 is 1.23 bits per heavy atom. The highest BCUT2D eigenvalue weighted by Gasteiger charge is 2.47. The van der Waals surface area contributed by atoms with Crippen molar-refractivity contribution in [2.24, 2.45) is 5.92 Å². The summed E-state index contributed by atoms with van der Waals surface area (Å²) in [5, 5.41) is 4.54. The van der Waals surface area contributed by atoms with Crippen LogP contribution in [0.25, 0.3) is 0 Å². The lowest BCUT2D eigenvalue weighted by atomic mass is 9.66. The maximum absolute atomic E-state index is 13.1. The number of nitrogens with one attached hydrogen (secondary N) is 1. The van der Waals surface area contributed by atoms with Crippen molar-refractivity contribution in [1.29, 1.82) is 0 Å². The number of carbonyl (C=O) groups excluding carboxylic acids is 1. The van der Waals surface area contributed by atoms with Crippen molar-refractivity contribution in [3.8, 4) is 0 Å². The topological polar surface area (TPSA) is 54.5 Å². The van der Waals surface area contributed by atoms with E-state index in [0.717, 1.165) is 30.8 Å². The average molecular weight is 428 g/mol. The van der Waals surface area contributed by atoms with Crippen molar-refractivity contribution >= 4 is 17.5 Å². The number of methoxy groups -OCH3 is 1. The molecule has 0 spiro atoms. The molecule has 1 aliphatic carbocycles. The molecule has 1 amide bonds. The van der Waals surface area contributed by atoms with Gasteiger partial charge in [-0.05, 0) is 54.5 Å². The van der Waals surface area contributed by atoms with Crippen molar-refractivity contribution in [1.82, 2.24) is 15.2 Å². The van der Waals surface area contributed by atoms with Crippen LogP contribution in [0.1, 0.15) is 42.7 Å². The van der Waals surface area contributed by atoms with Crippen LogP contribution in [0.2, 0.25) is 5.02 Å². The van der Waals surface area contributed by atoms with Gasteiger partial charge in [0.05, 0.1) is 6.61 Å². The van der Waals surface area contributed by atoms with Crippen LogP contribution in [0.4, 0.5) is 0 Å². The number of amides is 1. The number of rotatable bonds is 7. The molecule has 0 unspecified atom stereocenters. The maximum Gasteiger partial charge on any atom is 0.223 e. The third-order valence-electron chi connectivity index (χ3n) is 6.63. The number of piperidine rings is 1. The monoisotopic (exact) mass is 427 g/mol. The van der Waals surface area contributed by atoms with Crippen LogP contribution in [-0.2, 0) is 16.1 Å². The molecule has 2 fully saturated rings. The van der Waals surface area contributed by atoms with Crippen LogP contribution in [0.5, 0.6) is 0 Å². The molecule has 1 saturated carbocycles. The summed E-state index contributed by atoms with van der Waals surface area (Å²) >= 11 is 6.14. The number of benzene rings is 1. The largest absolute Gasteiger partial charge is 0.383 e. The fourth-order valence-corrected chi connectivity index (χ4v) is 5.38. The highest BCUT2D eigenvalue weighted by molar-refractivity contribution is 6.30. The van der Waals surface area contributed by atoms with E-state index in [9.17, 15) is 4.79 Å².